The van der Waals surface area contributed by atoms with E-state index in [0.29, 0.717) is 29.3 Å². The molecule has 1 atom stereocenters. The van der Waals surface area contributed by atoms with Crippen LogP contribution in [0.2, 0.25) is 10.0 Å². The Morgan fingerprint density at radius 3 is 1.89 bits per heavy atom. The second kappa shape index (κ2) is 14.0. The van der Waals surface area contributed by atoms with Gasteiger partial charge in [0.05, 0.1) is 16.0 Å². The second-order valence-electron chi connectivity index (χ2n) is 11.6. The van der Waals surface area contributed by atoms with Crippen molar-refractivity contribution in [3.8, 4) is 5.88 Å². The van der Waals surface area contributed by atoms with Crippen molar-refractivity contribution in [3.05, 3.63) is 147 Å². The Morgan fingerprint density at radius 1 is 0.830 bits per heavy atom. The highest BCUT2D eigenvalue weighted by Gasteiger charge is 2.44. The molecule has 1 aromatic heterocycles. The fourth-order valence-corrected chi connectivity index (χ4v) is 6.38. The summed E-state index contributed by atoms with van der Waals surface area (Å²) >= 11 is 12.6. The molecule has 1 aliphatic rings. The van der Waals surface area contributed by atoms with Crippen LogP contribution in [0.25, 0.3) is 0 Å². The van der Waals surface area contributed by atoms with E-state index in [0.717, 1.165) is 27.8 Å². The number of ether oxygens (including phenoxy) is 3. The highest BCUT2D eigenvalue weighted by molar-refractivity contribution is 6.42. The molecule has 0 N–H and O–H groups in total. The molecule has 0 spiro atoms. The molecule has 47 heavy (non-hydrogen) atoms. The summed E-state index contributed by atoms with van der Waals surface area (Å²) in [5, 5.41) is 10.1. The first kappa shape index (κ1) is 32.3. The third-order valence-electron chi connectivity index (χ3n) is 8.29. The van der Waals surface area contributed by atoms with Gasteiger partial charge in [0.1, 0.15) is 11.6 Å². The average Bonchev–Trinajstić information content (AvgIpc) is 3.50. The smallest absolute Gasteiger partial charge is 0.365 e. The number of halogens is 2. The van der Waals surface area contributed by atoms with Gasteiger partial charge in [-0.2, -0.15) is 0 Å². The predicted octanol–water partition coefficient (Wildman–Crippen LogP) is 7.67. The molecule has 8 nitrogen and oxygen atoms in total. The molecule has 6 rings (SSSR count). The van der Waals surface area contributed by atoms with Crippen molar-refractivity contribution in [2.24, 2.45) is 5.92 Å². The van der Waals surface area contributed by atoms with E-state index in [1.807, 2.05) is 103 Å². The summed E-state index contributed by atoms with van der Waals surface area (Å²) in [6.07, 6.45) is 1.55. The summed E-state index contributed by atoms with van der Waals surface area (Å²) < 4.78 is 18.8. The Morgan fingerprint density at radius 2 is 1.36 bits per heavy atom. The molecule has 0 fully saturated rings. The van der Waals surface area contributed by atoms with E-state index in [1.54, 1.807) is 18.5 Å². The Kier molecular flexibility index (Phi) is 9.61. The van der Waals surface area contributed by atoms with Crippen LogP contribution >= 0.6 is 23.2 Å². The van der Waals surface area contributed by atoms with E-state index in [4.69, 9.17) is 37.4 Å². The summed E-state index contributed by atoms with van der Waals surface area (Å²) in [6.45, 7) is 2.82. The van der Waals surface area contributed by atoms with Crippen molar-refractivity contribution in [3.63, 3.8) is 0 Å². The molecule has 0 radical (unpaired) electrons. The van der Waals surface area contributed by atoms with Gasteiger partial charge in [0.15, 0.2) is 0 Å². The van der Waals surface area contributed by atoms with Gasteiger partial charge in [0.25, 0.3) is 5.88 Å². The van der Waals surface area contributed by atoms with Gasteiger partial charge < -0.3 is 14.2 Å². The number of aryl methyl sites for hydroxylation is 1. The maximum absolute atomic E-state index is 14.1. The monoisotopic (exact) mass is 669 g/mol. The standard InChI is InChI=1S/C37H33Cl2N3O5/c1-24(2)35(43)45-23-46-36(44)33-34(47-30-19-18-25-21-31(38)32(39)22-26(25)20-30)40-41-42(33)37(27-12-6-3-7-13-27,28-14-8-4-9-15-28)29-16-10-5-11-17-29/h3-17,21-22,24,30H,18-20,23H2,1-2H3. The zero-order valence-electron chi connectivity index (χ0n) is 25.9. The number of benzene rings is 4. The van der Waals surface area contributed by atoms with Gasteiger partial charge in [-0.3, -0.25) is 4.79 Å². The van der Waals surface area contributed by atoms with Crippen LogP contribution in [0.15, 0.2) is 103 Å². The number of carbonyl (C=O) groups excluding carboxylic acids is 2. The van der Waals surface area contributed by atoms with E-state index < -0.39 is 24.3 Å². The van der Waals surface area contributed by atoms with Crippen LogP contribution in [0.1, 0.15) is 58.6 Å². The molecule has 1 heterocycles. The lowest BCUT2D eigenvalue weighted by Gasteiger charge is -2.36. The molecular weight excluding hydrogens is 637 g/mol. The maximum Gasteiger partial charge on any atom is 0.365 e. The average molecular weight is 671 g/mol. The molecule has 0 bridgehead atoms. The Labute approximate surface area is 283 Å². The number of esters is 2. The van der Waals surface area contributed by atoms with Crippen molar-refractivity contribution in [1.29, 1.82) is 0 Å². The summed E-state index contributed by atoms with van der Waals surface area (Å²) in [5.74, 6) is -1.68. The maximum atomic E-state index is 14.1. The Bertz CT molecular complexity index is 1770. The van der Waals surface area contributed by atoms with Gasteiger partial charge in [-0.1, -0.05) is 138 Å². The molecule has 5 aromatic rings. The third-order valence-corrected chi connectivity index (χ3v) is 9.01. The minimum absolute atomic E-state index is 0.00543. The predicted molar refractivity (Wildman–Crippen MR) is 179 cm³/mol. The van der Waals surface area contributed by atoms with Crippen molar-refractivity contribution >= 4 is 35.1 Å². The van der Waals surface area contributed by atoms with Crippen LogP contribution in [-0.4, -0.2) is 39.8 Å². The summed E-state index contributed by atoms with van der Waals surface area (Å²) in [7, 11) is 0. The normalized spacial score (nSPS) is 14.4. The molecule has 4 aromatic carbocycles. The van der Waals surface area contributed by atoms with Gasteiger partial charge >= 0.3 is 11.9 Å². The van der Waals surface area contributed by atoms with E-state index in [9.17, 15) is 9.59 Å². The molecular formula is C37H33Cl2N3O5. The molecule has 240 valence electrons. The Balaban J connectivity index is 1.50. The summed E-state index contributed by atoms with van der Waals surface area (Å²) in [5.41, 5.74) is 3.39. The third kappa shape index (κ3) is 6.48. The molecule has 0 aliphatic heterocycles. The summed E-state index contributed by atoms with van der Waals surface area (Å²) in [4.78, 5) is 26.3. The van der Waals surface area contributed by atoms with Crippen molar-refractivity contribution in [2.75, 3.05) is 6.79 Å². The van der Waals surface area contributed by atoms with Crippen molar-refractivity contribution < 1.29 is 23.8 Å². The molecule has 0 saturated heterocycles. The minimum atomic E-state index is -1.18. The fourth-order valence-electron chi connectivity index (χ4n) is 6.01. The highest BCUT2D eigenvalue weighted by atomic mass is 35.5. The molecule has 0 saturated carbocycles. The zero-order chi connectivity index (χ0) is 33.0. The van der Waals surface area contributed by atoms with Crippen LogP contribution in [-0.2, 0) is 32.6 Å². The van der Waals surface area contributed by atoms with Gasteiger partial charge in [-0.25, -0.2) is 9.48 Å². The molecule has 10 heteroatoms. The first-order valence-corrected chi connectivity index (χ1v) is 16.1. The van der Waals surface area contributed by atoms with Crippen LogP contribution in [0.5, 0.6) is 5.88 Å². The number of fused-ring (bicyclic) bond motifs is 1. The van der Waals surface area contributed by atoms with Gasteiger partial charge in [-0.05, 0) is 52.8 Å². The number of nitrogens with zero attached hydrogens (tertiary/aromatic N) is 3. The first-order valence-electron chi connectivity index (χ1n) is 15.4. The second-order valence-corrected chi connectivity index (χ2v) is 12.5. The zero-order valence-corrected chi connectivity index (χ0v) is 27.4. The highest BCUT2D eigenvalue weighted by Crippen LogP contribution is 2.42. The lowest BCUT2D eigenvalue weighted by molar-refractivity contribution is -0.155. The number of carbonyl (C=O) groups is 2. The van der Waals surface area contributed by atoms with E-state index >= 15 is 0 Å². The van der Waals surface area contributed by atoms with Crippen molar-refractivity contribution in [2.45, 2.75) is 44.8 Å². The van der Waals surface area contributed by atoms with Crippen LogP contribution in [0.3, 0.4) is 0 Å². The largest absolute Gasteiger partial charge is 0.471 e. The lowest BCUT2D eigenvalue weighted by atomic mass is 9.77. The van der Waals surface area contributed by atoms with E-state index in [1.165, 1.54) is 0 Å². The topological polar surface area (TPSA) is 92.5 Å². The van der Waals surface area contributed by atoms with Crippen LogP contribution in [0, 0.1) is 5.92 Å². The Hall–Kier alpha value is -4.66. The van der Waals surface area contributed by atoms with E-state index in [-0.39, 0.29) is 23.6 Å². The molecule has 0 amide bonds. The fraction of sp³-hybridized carbons (Fsp3) is 0.243. The van der Waals surface area contributed by atoms with Gasteiger partial charge in [0.2, 0.25) is 12.5 Å². The van der Waals surface area contributed by atoms with Crippen molar-refractivity contribution in [1.82, 2.24) is 15.0 Å². The van der Waals surface area contributed by atoms with Crippen LogP contribution < -0.4 is 4.74 Å². The minimum Gasteiger partial charge on any atom is -0.471 e. The first-order chi connectivity index (χ1) is 22.8. The van der Waals surface area contributed by atoms with Gasteiger partial charge in [0, 0.05) is 6.42 Å². The van der Waals surface area contributed by atoms with E-state index in [2.05, 4.69) is 10.3 Å². The molecule has 1 unspecified atom stereocenters. The quantitative estimate of drug-likeness (QED) is 0.0856. The summed E-state index contributed by atoms with van der Waals surface area (Å²) in [6, 6.07) is 33.0. The number of aromatic nitrogens is 3. The van der Waals surface area contributed by atoms with Crippen LogP contribution in [0.4, 0.5) is 0 Å². The number of hydrogen-bond acceptors (Lipinski definition) is 7. The lowest BCUT2D eigenvalue weighted by Crippen LogP contribution is -2.41. The van der Waals surface area contributed by atoms with Gasteiger partial charge in [-0.15, -0.1) is 0 Å². The number of hydrogen-bond donors (Lipinski definition) is 0. The number of rotatable bonds is 10. The SMILES string of the molecule is CC(C)C(=O)OCOC(=O)c1c(OC2CCc3cc(Cl)c(Cl)cc3C2)nnn1C(c1ccccc1)(c1ccccc1)c1ccccc1. The molecule has 1 aliphatic carbocycles.